The molecule has 7 nitrogen and oxygen atoms in total. The van der Waals surface area contributed by atoms with Gasteiger partial charge >= 0.3 is 0 Å². The quantitative estimate of drug-likeness (QED) is 0.498. The molecule has 0 spiro atoms. The van der Waals surface area contributed by atoms with Crippen LogP contribution in [0.25, 0.3) is 11.4 Å². The molecular weight excluding hydrogens is 424 g/mol. The van der Waals surface area contributed by atoms with E-state index in [0.717, 1.165) is 64.1 Å². The first-order valence-corrected chi connectivity index (χ1v) is 12.0. The zero-order chi connectivity index (χ0) is 25.2. The summed E-state index contributed by atoms with van der Waals surface area (Å²) in [6.07, 6.45) is 2.76. The molecule has 2 aromatic rings. The number of nitrogens with zero attached hydrogens (tertiary/aromatic N) is 5. The molecule has 0 radical (unpaired) electrons. The van der Waals surface area contributed by atoms with Gasteiger partial charge in [-0.05, 0) is 50.8 Å². The summed E-state index contributed by atoms with van der Waals surface area (Å²) in [5.41, 5.74) is 11.7. The molecule has 1 aliphatic rings. The highest BCUT2D eigenvalue weighted by atomic mass is 16.3. The first-order chi connectivity index (χ1) is 15.9. The average molecular weight is 465 g/mol. The molecule has 1 aromatic carbocycles. The third-order valence-corrected chi connectivity index (χ3v) is 6.24. The Morgan fingerprint density at radius 2 is 1.91 bits per heavy atom. The molecule has 0 amide bonds. The molecule has 7 heteroatoms. The average Bonchev–Trinajstić information content (AvgIpc) is 2.75. The zero-order valence-electron chi connectivity index (χ0n) is 22.0. The Hall–Kier alpha value is -2.93. The van der Waals surface area contributed by atoms with E-state index in [4.69, 9.17) is 15.7 Å². The number of nitrogens with two attached hydrogens (primary N) is 1. The van der Waals surface area contributed by atoms with Crippen LogP contribution in [-0.4, -0.2) is 58.6 Å². The molecule has 0 atom stereocenters. The van der Waals surface area contributed by atoms with Crippen LogP contribution in [0.3, 0.4) is 0 Å². The van der Waals surface area contributed by atoms with Gasteiger partial charge in [0.05, 0.1) is 11.3 Å². The van der Waals surface area contributed by atoms with Gasteiger partial charge in [0, 0.05) is 57.0 Å². The Bertz CT molecular complexity index is 1080. The molecule has 0 aliphatic carbocycles. The van der Waals surface area contributed by atoms with E-state index in [1.54, 1.807) is 7.05 Å². The topological polar surface area (TPSA) is 90.9 Å². The maximum Gasteiger partial charge on any atom is 0.162 e. The molecule has 0 saturated heterocycles. The second kappa shape index (κ2) is 10.1. The number of fused-ring (bicyclic) bond motifs is 1. The smallest absolute Gasteiger partial charge is 0.162 e. The summed E-state index contributed by atoms with van der Waals surface area (Å²) in [5, 5.41) is 10.5. The molecule has 3 N–H and O–H groups in total. The minimum atomic E-state index is -0.857. The molecular formula is C27H40N6O. The van der Waals surface area contributed by atoms with E-state index in [-0.39, 0.29) is 5.92 Å². The van der Waals surface area contributed by atoms with Crippen molar-refractivity contribution < 1.29 is 5.11 Å². The van der Waals surface area contributed by atoms with Gasteiger partial charge in [0.1, 0.15) is 11.7 Å². The third kappa shape index (κ3) is 5.76. The monoisotopic (exact) mass is 464 g/mol. The van der Waals surface area contributed by atoms with E-state index < -0.39 is 5.60 Å². The molecule has 0 fully saturated rings. The van der Waals surface area contributed by atoms with Crippen LogP contribution in [0.1, 0.15) is 50.1 Å². The van der Waals surface area contributed by atoms with Crippen molar-refractivity contribution >= 4 is 11.7 Å². The lowest BCUT2D eigenvalue weighted by Gasteiger charge is -2.34. The summed E-state index contributed by atoms with van der Waals surface area (Å²) in [6, 6.07) is 6.26. The normalized spacial score (nSPS) is 15.1. The summed E-state index contributed by atoms with van der Waals surface area (Å²) < 4.78 is 0. The molecule has 1 aliphatic heterocycles. The lowest BCUT2D eigenvalue weighted by atomic mass is 10.00. The Kier molecular flexibility index (Phi) is 7.66. The lowest BCUT2D eigenvalue weighted by Crippen LogP contribution is -2.40. The molecule has 2 heterocycles. The van der Waals surface area contributed by atoms with Gasteiger partial charge in [-0.2, -0.15) is 0 Å². The third-order valence-electron chi connectivity index (χ3n) is 6.24. The van der Waals surface area contributed by atoms with Gasteiger partial charge in [-0.15, -0.1) is 0 Å². The number of hydrogen-bond acceptors (Lipinski definition) is 6. The van der Waals surface area contributed by atoms with Crippen LogP contribution >= 0.6 is 0 Å². The maximum absolute atomic E-state index is 10.5. The SMILES string of the molecule is CN=C(C=C(N)C(C)C)N1CCc2nc(-c3c(C)cccc3C)nc(N(C)CC(C)(C)O)c2C1. The largest absolute Gasteiger partial charge is 0.402 e. The Morgan fingerprint density at radius 1 is 1.26 bits per heavy atom. The fourth-order valence-electron chi connectivity index (χ4n) is 4.46. The number of hydrogen-bond donors (Lipinski definition) is 2. The summed E-state index contributed by atoms with van der Waals surface area (Å²) in [5.74, 6) is 2.72. The maximum atomic E-state index is 10.5. The van der Waals surface area contributed by atoms with Gasteiger partial charge in [-0.25, -0.2) is 9.97 Å². The first-order valence-electron chi connectivity index (χ1n) is 12.0. The van der Waals surface area contributed by atoms with Crippen LogP contribution < -0.4 is 10.6 Å². The molecule has 3 rings (SSSR count). The van der Waals surface area contributed by atoms with Crippen molar-refractivity contribution in [2.45, 2.75) is 60.1 Å². The number of aliphatic hydroxyl groups is 1. The summed E-state index contributed by atoms with van der Waals surface area (Å²) in [7, 11) is 3.79. The van der Waals surface area contributed by atoms with Crippen LogP contribution in [0.4, 0.5) is 5.82 Å². The predicted molar refractivity (Wildman–Crippen MR) is 141 cm³/mol. The van der Waals surface area contributed by atoms with Crippen LogP contribution in [0.2, 0.25) is 0 Å². The van der Waals surface area contributed by atoms with Crippen molar-refractivity contribution in [1.29, 1.82) is 0 Å². The molecule has 0 saturated carbocycles. The van der Waals surface area contributed by atoms with E-state index in [1.165, 1.54) is 0 Å². The fourth-order valence-corrected chi connectivity index (χ4v) is 4.46. The van der Waals surface area contributed by atoms with Crippen LogP contribution in [0.15, 0.2) is 35.0 Å². The van der Waals surface area contributed by atoms with Crippen molar-refractivity contribution in [2.24, 2.45) is 16.6 Å². The van der Waals surface area contributed by atoms with E-state index >= 15 is 0 Å². The van der Waals surface area contributed by atoms with Gasteiger partial charge in [-0.3, -0.25) is 4.99 Å². The standard InChI is InChI=1S/C27H40N6O/c1-17(2)21(28)14-23(29-7)33-13-12-22-20(15-33)26(32(8)16-27(5,6)34)31-25(30-22)24-18(3)10-9-11-19(24)4/h9-11,14,17,34H,12-13,15-16,28H2,1-8H3. The second-order valence-electron chi connectivity index (χ2n) is 10.3. The number of allylic oxidation sites excluding steroid dienone is 1. The number of rotatable bonds is 6. The highest BCUT2D eigenvalue weighted by Gasteiger charge is 2.28. The number of aromatic nitrogens is 2. The molecule has 0 unspecified atom stereocenters. The minimum absolute atomic E-state index is 0.255. The number of aryl methyl sites for hydroxylation is 2. The lowest BCUT2D eigenvalue weighted by molar-refractivity contribution is 0.0884. The Morgan fingerprint density at radius 3 is 2.47 bits per heavy atom. The number of benzene rings is 1. The highest BCUT2D eigenvalue weighted by Crippen LogP contribution is 2.32. The van der Waals surface area contributed by atoms with Gasteiger partial charge in [0.15, 0.2) is 5.82 Å². The number of anilines is 1. The van der Waals surface area contributed by atoms with Gasteiger partial charge in [0.2, 0.25) is 0 Å². The van der Waals surface area contributed by atoms with Crippen molar-refractivity contribution in [2.75, 3.05) is 32.1 Å². The van der Waals surface area contributed by atoms with E-state index in [0.29, 0.717) is 13.1 Å². The zero-order valence-corrected chi connectivity index (χ0v) is 22.0. The van der Waals surface area contributed by atoms with E-state index in [2.05, 4.69) is 55.8 Å². The summed E-state index contributed by atoms with van der Waals surface area (Å²) in [4.78, 5) is 18.9. The summed E-state index contributed by atoms with van der Waals surface area (Å²) in [6.45, 7) is 13.9. The van der Waals surface area contributed by atoms with Gasteiger partial charge < -0.3 is 20.6 Å². The number of amidine groups is 1. The van der Waals surface area contributed by atoms with Crippen LogP contribution in [-0.2, 0) is 13.0 Å². The first kappa shape index (κ1) is 25.7. The minimum Gasteiger partial charge on any atom is -0.402 e. The second-order valence-corrected chi connectivity index (χ2v) is 10.3. The van der Waals surface area contributed by atoms with Crippen molar-refractivity contribution in [3.8, 4) is 11.4 Å². The van der Waals surface area contributed by atoms with Crippen LogP contribution in [0.5, 0.6) is 0 Å². The Labute approximate surface area is 204 Å². The van der Waals surface area contributed by atoms with Gasteiger partial charge in [-0.1, -0.05) is 32.0 Å². The molecule has 0 bridgehead atoms. The Balaban J connectivity index is 2.11. The van der Waals surface area contributed by atoms with E-state index in [1.807, 2.05) is 31.9 Å². The van der Waals surface area contributed by atoms with Crippen molar-refractivity contribution in [1.82, 2.24) is 14.9 Å². The number of likely N-dealkylation sites (N-methyl/N-ethyl adjacent to an activating group) is 1. The molecule has 184 valence electrons. The predicted octanol–water partition coefficient (Wildman–Crippen LogP) is 3.85. The molecule has 1 aromatic heterocycles. The molecule has 34 heavy (non-hydrogen) atoms. The van der Waals surface area contributed by atoms with Crippen LogP contribution in [0, 0.1) is 19.8 Å². The van der Waals surface area contributed by atoms with E-state index in [9.17, 15) is 5.11 Å². The number of aliphatic imine (C=N–C) groups is 1. The van der Waals surface area contributed by atoms with Gasteiger partial charge in [0.25, 0.3) is 0 Å². The highest BCUT2D eigenvalue weighted by molar-refractivity contribution is 5.93. The summed E-state index contributed by atoms with van der Waals surface area (Å²) >= 11 is 0. The fraction of sp³-hybridized carbons (Fsp3) is 0.519. The van der Waals surface area contributed by atoms with Crippen molar-refractivity contribution in [3.63, 3.8) is 0 Å². The van der Waals surface area contributed by atoms with Crippen molar-refractivity contribution in [3.05, 3.63) is 52.4 Å².